The molecule has 0 radical (unpaired) electrons. The number of oxazole rings is 1. The van der Waals surface area contributed by atoms with Crippen LogP contribution in [-0.4, -0.2) is 16.4 Å². The number of benzene rings is 3. The van der Waals surface area contributed by atoms with Crippen LogP contribution in [0.1, 0.15) is 54.5 Å². The Labute approximate surface area is 204 Å². The zero-order valence-corrected chi connectivity index (χ0v) is 20.5. The van der Waals surface area contributed by atoms with Crippen molar-refractivity contribution in [2.24, 2.45) is 4.99 Å². The first-order valence-corrected chi connectivity index (χ1v) is 11.6. The van der Waals surface area contributed by atoms with E-state index in [0.29, 0.717) is 0 Å². The number of aromatic nitrogens is 2. The maximum Gasteiger partial charge on any atom is 0.181 e. The number of fused-ring (bicyclic) bond motifs is 3. The van der Waals surface area contributed by atoms with Crippen LogP contribution in [0.5, 0.6) is 0 Å². The van der Waals surface area contributed by atoms with Crippen molar-refractivity contribution < 1.29 is 8.94 Å². The molecule has 0 amide bonds. The molecular weight excluding hydrogens is 422 g/mol. The Balaban J connectivity index is 0.000000427. The van der Waals surface area contributed by atoms with E-state index in [1.165, 1.54) is 12.0 Å². The van der Waals surface area contributed by atoms with E-state index < -0.39 is 0 Å². The molecule has 0 fully saturated rings. The lowest BCUT2D eigenvalue weighted by Gasteiger charge is -1.91. The van der Waals surface area contributed by atoms with Crippen LogP contribution >= 0.6 is 0 Å². The molecule has 0 unspecified atom stereocenters. The van der Waals surface area contributed by atoms with E-state index in [-0.39, 0.29) is 7.43 Å². The molecule has 3 heterocycles. The second kappa shape index (κ2) is 18.8. The Morgan fingerprint density at radius 2 is 1.32 bits per heavy atom. The first kappa shape index (κ1) is 30.3. The molecule has 5 aromatic rings. The third kappa shape index (κ3) is 9.41. The summed E-state index contributed by atoms with van der Waals surface area (Å²) < 4.78 is 9.87. The van der Waals surface area contributed by atoms with Crippen molar-refractivity contribution in [1.29, 1.82) is 0 Å². The average Bonchev–Trinajstić information content (AvgIpc) is 3.69. The Morgan fingerprint density at radius 3 is 2.00 bits per heavy atom. The van der Waals surface area contributed by atoms with E-state index in [0.717, 1.165) is 34.2 Å². The quantitative estimate of drug-likeness (QED) is 0.230. The third-order valence-corrected chi connectivity index (χ3v) is 4.03. The van der Waals surface area contributed by atoms with E-state index in [1.807, 2.05) is 114 Å². The fourth-order valence-electron chi connectivity index (χ4n) is 2.67. The van der Waals surface area contributed by atoms with Gasteiger partial charge in [-0.2, -0.15) is 0 Å². The lowest BCUT2D eigenvalue weighted by Crippen LogP contribution is -1.75. The van der Waals surface area contributed by atoms with Gasteiger partial charge in [0.15, 0.2) is 17.6 Å². The molecular formula is C29H39N3O2. The smallest absolute Gasteiger partial charge is 0.181 e. The van der Waals surface area contributed by atoms with E-state index in [4.69, 9.17) is 8.94 Å². The summed E-state index contributed by atoms with van der Waals surface area (Å²) in [7, 11) is 0. The van der Waals surface area contributed by atoms with Gasteiger partial charge in [0.25, 0.3) is 0 Å². The topological polar surface area (TPSA) is 64.4 Å². The van der Waals surface area contributed by atoms with Gasteiger partial charge in [-0.1, -0.05) is 96.6 Å². The summed E-state index contributed by atoms with van der Waals surface area (Å²) in [5, 5.41) is 4.68. The molecule has 5 nitrogen and oxygen atoms in total. The molecule has 0 saturated heterocycles. The summed E-state index contributed by atoms with van der Waals surface area (Å²) in [4.78, 5) is 8.13. The molecule has 0 aliphatic carbocycles. The molecule has 0 N–H and O–H groups in total. The van der Waals surface area contributed by atoms with Crippen LogP contribution in [0, 0.1) is 0 Å². The van der Waals surface area contributed by atoms with Crippen molar-refractivity contribution in [3.63, 3.8) is 0 Å². The molecule has 0 spiro atoms. The fraction of sp³-hybridized carbons (Fsp3) is 0.276. The Bertz CT molecular complexity index is 1050. The predicted molar refractivity (Wildman–Crippen MR) is 147 cm³/mol. The van der Waals surface area contributed by atoms with Crippen LogP contribution in [0.2, 0.25) is 0 Å². The largest absolute Gasteiger partial charge is 0.443 e. The molecule has 182 valence electrons. The van der Waals surface area contributed by atoms with Crippen molar-refractivity contribution in [1.82, 2.24) is 10.1 Å². The monoisotopic (exact) mass is 461 g/mol. The minimum Gasteiger partial charge on any atom is -0.443 e. The van der Waals surface area contributed by atoms with Crippen molar-refractivity contribution >= 4 is 34.0 Å². The van der Waals surface area contributed by atoms with Gasteiger partial charge in [0.1, 0.15) is 5.52 Å². The number of aliphatic imine (C=N–C) groups is 1. The van der Waals surface area contributed by atoms with Crippen LogP contribution in [0.4, 0.5) is 5.69 Å². The molecule has 5 heteroatoms. The van der Waals surface area contributed by atoms with Crippen molar-refractivity contribution in [3.05, 3.63) is 91.0 Å². The minimum atomic E-state index is 0. The summed E-state index contributed by atoms with van der Waals surface area (Å²) in [6, 6.07) is 23.6. The highest BCUT2D eigenvalue weighted by molar-refractivity contribution is 5.76. The van der Waals surface area contributed by atoms with Crippen LogP contribution < -0.4 is 0 Å². The number of nitrogens with zero attached hydrogens (tertiary/aromatic N) is 3. The van der Waals surface area contributed by atoms with Crippen LogP contribution in [0.15, 0.2) is 99.3 Å². The molecule has 0 saturated carbocycles. The van der Waals surface area contributed by atoms with Gasteiger partial charge in [0, 0.05) is 18.0 Å². The minimum absolute atomic E-state index is 0. The van der Waals surface area contributed by atoms with Crippen LogP contribution in [0.3, 0.4) is 0 Å². The molecule has 1 aliphatic heterocycles. The molecule has 3 aromatic carbocycles. The second-order valence-electron chi connectivity index (χ2n) is 5.83. The first-order chi connectivity index (χ1) is 16.4. The summed E-state index contributed by atoms with van der Waals surface area (Å²) in [6.45, 7) is 12.0. The van der Waals surface area contributed by atoms with E-state index >= 15 is 0 Å². The van der Waals surface area contributed by atoms with Gasteiger partial charge in [0.2, 0.25) is 0 Å². The van der Waals surface area contributed by atoms with E-state index in [1.54, 1.807) is 6.20 Å². The molecule has 0 bridgehead atoms. The molecule has 2 aromatic heterocycles. The Hall–Kier alpha value is -3.73. The highest BCUT2D eigenvalue weighted by atomic mass is 16.5. The van der Waals surface area contributed by atoms with Gasteiger partial charge >= 0.3 is 0 Å². The van der Waals surface area contributed by atoms with Gasteiger partial charge in [-0.3, -0.25) is 4.99 Å². The normalized spacial score (nSPS) is 9.59. The maximum atomic E-state index is 5.01. The summed E-state index contributed by atoms with van der Waals surface area (Å²) in [5.41, 5.74) is 5.09. The van der Waals surface area contributed by atoms with E-state index in [9.17, 15) is 0 Å². The number of hydrogen-bond acceptors (Lipinski definition) is 5. The highest BCUT2D eigenvalue weighted by Gasteiger charge is 2.01. The SMILES string of the molecule is C.C1=Nc2ccccc2C1.CC.CC.CC.c1ccc2ocnc2c1.c1ccc2oncc2c1. The molecule has 1 aliphatic rings. The van der Waals surface area contributed by atoms with Gasteiger partial charge in [-0.05, 0) is 35.9 Å². The Kier molecular flexibility index (Phi) is 16.7. The lowest BCUT2D eigenvalue weighted by atomic mass is 10.2. The molecule has 0 atom stereocenters. The summed E-state index contributed by atoms with van der Waals surface area (Å²) >= 11 is 0. The first-order valence-electron chi connectivity index (χ1n) is 11.6. The highest BCUT2D eigenvalue weighted by Crippen LogP contribution is 2.22. The Morgan fingerprint density at radius 1 is 0.706 bits per heavy atom. The predicted octanol–water partition coefficient (Wildman–Crippen LogP) is 9.32. The molecule has 6 rings (SSSR count). The van der Waals surface area contributed by atoms with Gasteiger partial charge < -0.3 is 8.94 Å². The maximum absolute atomic E-state index is 5.01. The fourth-order valence-corrected chi connectivity index (χ4v) is 2.67. The molecule has 34 heavy (non-hydrogen) atoms. The van der Waals surface area contributed by atoms with Gasteiger partial charge in [-0.25, -0.2) is 4.98 Å². The third-order valence-electron chi connectivity index (χ3n) is 4.03. The van der Waals surface area contributed by atoms with Gasteiger partial charge in [0.05, 0.1) is 11.9 Å². The summed E-state index contributed by atoms with van der Waals surface area (Å²) in [5.74, 6) is 0. The second-order valence-corrected chi connectivity index (χ2v) is 5.83. The lowest BCUT2D eigenvalue weighted by molar-refractivity contribution is 0.456. The zero-order chi connectivity index (χ0) is 24.3. The zero-order valence-electron chi connectivity index (χ0n) is 20.5. The van der Waals surface area contributed by atoms with Crippen molar-refractivity contribution in [2.75, 3.05) is 0 Å². The van der Waals surface area contributed by atoms with Crippen LogP contribution in [0.25, 0.3) is 22.1 Å². The number of rotatable bonds is 0. The van der Waals surface area contributed by atoms with Gasteiger partial charge in [-0.15, -0.1) is 0 Å². The van der Waals surface area contributed by atoms with Crippen LogP contribution in [-0.2, 0) is 6.42 Å². The number of para-hydroxylation sites is 4. The summed E-state index contributed by atoms with van der Waals surface area (Å²) in [6.07, 6.45) is 6.11. The van der Waals surface area contributed by atoms with Crippen molar-refractivity contribution in [2.45, 2.75) is 55.4 Å². The number of hydrogen-bond donors (Lipinski definition) is 0. The van der Waals surface area contributed by atoms with Crippen molar-refractivity contribution in [3.8, 4) is 0 Å². The standard InChI is InChI=1S/C8H7N.2C7H5NO.3C2H6.CH4/c1-2-4-8-7(3-1)5-6-9-8;1-2-4-7-6(3-1)8-5-9-7;1-2-4-7-6(3-1)5-8-9-7;3*1-2;/h1-4,6H,5H2;2*1-5H;3*1-2H3;1H4. The van der Waals surface area contributed by atoms with E-state index in [2.05, 4.69) is 21.2 Å². The average molecular weight is 462 g/mol.